The van der Waals surface area contributed by atoms with E-state index in [2.05, 4.69) is 20.9 Å². The van der Waals surface area contributed by atoms with Gasteiger partial charge in [0.15, 0.2) is 0 Å². The van der Waals surface area contributed by atoms with Crippen molar-refractivity contribution in [1.82, 2.24) is 9.88 Å². The maximum Gasteiger partial charge on any atom is 0.272 e. The third-order valence-corrected chi connectivity index (χ3v) is 3.99. The molecule has 0 atom stereocenters. The minimum absolute atomic E-state index is 0.223. The van der Waals surface area contributed by atoms with Crippen LogP contribution in [0.3, 0.4) is 0 Å². The van der Waals surface area contributed by atoms with Gasteiger partial charge in [-0.05, 0) is 34.1 Å². The Bertz CT molecular complexity index is 555. The first kappa shape index (κ1) is 13.2. The third kappa shape index (κ3) is 3.14. The SMILES string of the molecule is CN(Cc1cc(Br)cs1)C(=O)c1ccc(F)cn1. The Hall–Kier alpha value is -1.27. The van der Waals surface area contributed by atoms with Crippen molar-refractivity contribution in [3.8, 4) is 0 Å². The smallest absolute Gasteiger partial charge is 0.272 e. The molecule has 0 radical (unpaired) electrons. The fourth-order valence-corrected chi connectivity index (χ4v) is 2.94. The van der Waals surface area contributed by atoms with Gasteiger partial charge >= 0.3 is 0 Å². The second-order valence-corrected chi connectivity index (χ2v) is 5.67. The lowest BCUT2D eigenvalue weighted by Crippen LogP contribution is -2.26. The van der Waals surface area contributed by atoms with Crippen LogP contribution in [0.1, 0.15) is 15.4 Å². The van der Waals surface area contributed by atoms with Gasteiger partial charge in [-0.2, -0.15) is 0 Å². The predicted octanol–water partition coefficient (Wildman–Crippen LogP) is 3.32. The average Bonchev–Trinajstić information content (AvgIpc) is 2.75. The van der Waals surface area contributed by atoms with Crippen LogP contribution in [0.5, 0.6) is 0 Å². The maximum absolute atomic E-state index is 12.7. The summed E-state index contributed by atoms with van der Waals surface area (Å²) in [5.41, 5.74) is 0.245. The van der Waals surface area contributed by atoms with Gasteiger partial charge in [-0.3, -0.25) is 4.79 Å². The average molecular weight is 329 g/mol. The summed E-state index contributed by atoms with van der Waals surface area (Å²) < 4.78 is 13.7. The number of hydrogen-bond donors (Lipinski definition) is 0. The van der Waals surface area contributed by atoms with Gasteiger partial charge in [0.05, 0.1) is 12.7 Å². The number of hydrogen-bond acceptors (Lipinski definition) is 3. The molecule has 0 aliphatic rings. The fourth-order valence-electron chi connectivity index (χ4n) is 1.44. The first-order chi connectivity index (χ1) is 8.56. The molecule has 0 aliphatic carbocycles. The Labute approximate surface area is 116 Å². The van der Waals surface area contributed by atoms with Crippen LogP contribution < -0.4 is 0 Å². The molecule has 0 unspecified atom stereocenters. The highest BCUT2D eigenvalue weighted by Gasteiger charge is 2.14. The molecule has 2 rings (SSSR count). The maximum atomic E-state index is 12.7. The molecule has 1 amide bonds. The molecule has 0 aromatic carbocycles. The van der Waals surface area contributed by atoms with Gasteiger partial charge in [0.25, 0.3) is 5.91 Å². The number of thiophene rings is 1. The second kappa shape index (κ2) is 5.58. The summed E-state index contributed by atoms with van der Waals surface area (Å²) in [6.07, 6.45) is 1.04. The van der Waals surface area contributed by atoms with Crippen LogP contribution in [0.4, 0.5) is 4.39 Å². The quantitative estimate of drug-likeness (QED) is 0.865. The van der Waals surface area contributed by atoms with E-state index in [4.69, 9.17) is 0 Å². The van der Waals surface area contributed by atoms with E-state index in [0.717, 1.165) is 15.5 Å². The van der Waals surface area contributed by atoms with Crippen LogP contribution in [-0.4, -0.2) is 22.8 Å². The minimum atomic E-state index is -0.448. The molecule has 0 saturated carbocycles. The molecule has 0 bridgehead atoms. The molecule has 0 aliphatic heterocycles. The van der Waals surface area contributed by atoms with E-state index in [1.54, 1.807) is 23.3 Å². The number of nitrogens with zero attached hydrogens (tertiary/aromatic N) is 2. The van der Waals surface area contributed by atoms with Crippen molar-refractivity contribution in [1.29, 1.82) is 0 Å². The van der Waals surface area contributed by atoms with Crippen LogP contribution in [0.2, 0.25) is 0 Å². The predicted molar refractivity (Wildman–Crippen MR) is 72.0 cm³/mol. The molecule has 0 fully saturated rings. The Morgan fingerprint density at radius 1 is 1.56 bits per heavy atom. The van der Waals surface area contributed by atoms with Gasteiger partial charge in [-0.1, -0.05) is 0 Å². The molecular weight excluding hydrogens is 319 g/mol. The summed E-state index contributed by atoms with van der Waals surface area (Å²) >= 11 is 4.94. The molecule has 2 aromatic rings. The monoisotopic (exact) mass is 328 g/mol. The molecule has 0 saturated heterocycles. The van der Waals surface area contributed by atoms with Crippen molar-refractivity contribution < 1.29 is 9.18 Å². The topological polar surface area (TPSA) is 33.2 Å². The van der Waals surface area contributed by atoms with Gasteiger partial charge in [0.2, 0.25) is 0 Å². The van der Waals surface area contributed by atoms with E-state index < -0.39 is 5.82 Å². The number of pyridine rings is 1. The number of amides is 1. The van der Waals surface area contributed by atoms with E-state index in [1.165, 1.54) is 12.1 Å². The van der Waals surface area contributed by atoms with Crippen molar-refractivity contribution in [2.45, 2.75) is 6.54 Å². The number of halogens is 2. The van der Waals surface area contributed by atoms with E-state index in [-0.39, 0.29) is 11.6 Å². The Balaban J connectivity index is 2.07. The summed E-state index contributed by atoms with van der Waals surface area (Å²) in [5.74, 6) is -0.670. The van der Waals surface area contributed by atoms with Crippen LogP contribution in [0.15, 0.2) is 34.2 Å². The van der Waals surface area contributed by atoms with E-state index in [0.29, 0.717) is 6.54 Å². The molecule has 94 valence electrons. The van der Waals surface area contributed by atoms with Gasteiger partial charge in [0, 0.05) is 21.8 Å². The molecule has 0 spiro atoms. The normalized spacial score (nSPS) is 10.4. The van der Waals surface area contributed by atoms with Gasteiger partial charge in [-0.15, -0.1) is 11.3 Å². The summed E-state index contributed by atoms with van der Waals surface area (Å²) in [6, 6.07) is 4.58. The fraction of sp³-hybridized carbons (Fsp3) is 0.167. The van der Waals surface area contributed by atoms with Crippen molar-refractivity contribution in [2.24, 2.45) is 0 Å². The van der Waals surface area contributed by atoms with Gasteiger partial charge < -0.3 is 4.90 Å². The van der Waals surface area contributed by atoms with Crippen molar-refractivity contribution in [3.05, 3.63) is 50.6 Å². The van der Waals surface area contributed by atoms with E-state index in [9.17, 15) is 9.18 Å². The zero-order valence-corrected chi connectivity index (χ0v) is 12.0. The molecule has 3 nitrogen and oxygen atoms in total. The molecule has 2 heterocycles. The molecule has 6 heteroatoms. The summed E-state index contributed by atoms with van der Waals surface area (Å²) in [5, 5.41) is 1.96. The molecule has 2 aromatic heterocycles. The minimum Gasteiger partial charge on any atom is -0.335 e. The first-order valence-electron chi connectivity index (χ1n) is 5.16. The highest BCUT2D eigenvalue weighted by Crippen LogP contribution is 2.21. The van der Waals surface area contributed by atoms with Crippen molar-refractivity contribution >= 4 is 33.2 Å². The third-order valence-electron chi connectivity index (χ3n) is 2.31. The standard InChI is InChI=1S/C12H10BrFN2OS/c1-16(6-10-4-8(13)7-18-10)12(17)11-3-2-9(14)5-15-11/h2-5,7H,6H2,1H3. The lowest BCUT2D eigenvalue weighted by Gasteiger charge is -2.15. The lowest BCUT2D eigenvalue weighted by atomic mass is 10.3. The van der Waals surface area contributed by atoms with E-state index >= 15 is 0 Å². The number of carbonyl (C=O) groups excluding carboxylic acids is 1. The Kier molecular flexibility index (Phi) is 4.08. The van der Waals surface area contributed by atoms with Crippen LogP contribution in [0, 0.1) is 5.82 Å². The van der Waals surface area contributed by atoms with Crippen molar-refractivity contribution in [2.75, 3.05) is 7.05 Å². The summed E-state index contributed by atoms with van der Waals surface area (Å²) in [7, 11) is 1.70. The number of aromatic nitrogens is 1. The highest BCUT2D eigenvalue weighted by atomic mass is 79.9. The van der Waals surface area contributed by atoms with Gasteiger partial charge in [-0.25, -0.2) is 9.37 Å². The van der Waals surface area contributed by atoms with Crippen LogP contribution >= 0.6 is 27.3 Å². The van der Waals surface area contributed by atoms with Crippen LogP contribution in [0.25, 0.3) is 0 Å². The Morgan fingerprint density at radius 2 is 2.33 bits per heavy atom. The van der Waals surface area contributed by atoms with Crippen LogP contribution in [-0.2, 0) is 6.54 Å². The largest absolute Gasteiger partial charge is 0.335 e. The molecular formula is C12H10BrFN2OS. The first-order valence-corrected chi connectivity index (χ1v) is 6.83. The highest BCUT2D eigenvalue weighted by molar-refractivity contribution is 9.10. The zero-order chi connectivity index (χ0) is 13.1. The zero-order valence-electron chi connectivity index (χ0n) is 9.56. The molecule has 0 N–H and O–H groups in total. The summed E-state index contributed by atoms with van der Waals surface area (Å²) in [6.45, 7) is 0.508. The lowest BCUT2D eigenvalue weighted by molar-refractivity contribution is 0.0780. The van der Waals surface area contributed by atoms with Gasteiger partial charge in [0.1, 0.15) is 11.5 Å². The Morgan fingerprint density at radius 3 is 2.89 bits per heavy atom. The number of rotatable bonds is 3. The number of carbonyl (C=O) groups is 1. The summed E-state index contributed by atoms with van der Waals surface area (Å²) in [4.78, 5) is 18.4. The van der Waals surface area contributed by atoms with E-state index in [1.807, 2.05) is 11.4 Å². The second-order valence-electron chi connectivity index (χ2n) is 3.75. The molecule has 18 heavy (non-hydrogen) atoms. The van der Waals surface area contributed by atoms with Crippen molar-refractivity contribution in [3.63, 3.8) is 0 Å².